The molecule has 2 rings (SSSR count). The number of hydrogen-bond acceptors (Lipinski definition) is 2. The average molecular weight is 182 g/mol. The zero-order valence-corrected chi connectivity index (χ0v) is 7.43. The van der Waals surface area contributed by atoms with E-state index in [0.29, 0.717) is 0 Å². The molecule has 0 saturated carbocycles. The minimum absolute atomic E-state index is 0.213. The molecule has 0 fully saturated rings. The van der Waals surface area contributed by atoms with Crippen LogP contribution in [0.25, 0.3) is 0 Å². The minimum Gasteiger partial charge on any atom is -0.481 e. The number of thioether (sulfide) groups is 1. The molecule has 12 heavy (non-hydrogen) atoms. The second-order valence-electron chi connectivity index (χ2n) is 3.03. The van der Waals surface area contributed by atoms with Gasteiger partial charge in [0, 0.05) is 10.7 Å². The largest absolute Gasteiger partial charge is 0.481 e. The second-order valence-corrected chi connectivity index (χ2v) is 4.09. The van der Waals surface area contributed by atoms with Crippen LogP contribution in [0.2, 0.25) is 0 Å². The topological polar surface area (TPSA) is 37.3 Å². The van der Waals surface area contributed by atoms with Crippen molar-refractivity contribution in [2.24, 2.45) is 5.92 Å². The average Bonchev–Trinajstić information content (AvgIpc) is 2.47. The van der Waals surface area contributed by atoms with Crippen LogP contribution in [0.5, 0.6) is 0 Å². The van der Waals surface area contributed by atoms with Gasteiger partial charge >= 0.3 is 5.97 Å². The predicted molar refractivity (Wildman–Crippen MR) is 49.0 cm³/mol. The molecule has 3 heteroatoms. The quantitative estimate of drug-likeness (QED) is 0.674. The summed E-state index contributed by atoms with van der Waals surface area (Å²) in [5.74, 6) is -0.151. The molecule has 1 unspecified atom stereocenters. The number of aliphatic carboxylic acids is 1. The Bertz CT molecular complexity index is 278. The Morgan fingerprint density at radius 1 is 1.67 bits per heavy atom. The lowest BCUT2D eigenvalue weighted by molar-refractivity contribution is -0.139. The fourth-order valence-electron chi connectivity index (χ4n) is 1.64. The number of carboxylic acids is 1. The lowest BCUT2D eigenvalue weighted by Gasteiger charge is -2.11. The Labute approximate surface area is 75.3 Å². The molecular formula is C9H10O2S. The van der Waals surface area contributed by atoms with Crippen molar-refractivity contribution in [3.63, 3.8) is 0 Å². The molecule has 0 radical (unpaired) electrons. The van der Waals surface area contributed by atoms with Gasteiger partial charge < -0.3 is 5.11 Å². The second kappa shape index (κ2) is 2.98. The molecule has 0 aromatic heterocycles. The number of carboxylic acid groups (broad SMARTS) is 1. The highest BCUT2D eigenvalue weighted by Crippen LogP contribution is 2.41. The summed E-state index contributed by atoms with van der Waals surface area (Å²) in [6.45, 7) is 0. The minimum atomic E-state index is -0.664. The van der Waals surface area contributed by atoms with E-state index in [2.05, 4.69) is 12.2 Å². The molecule has 64 valence electrons. The highest BCUT2D eigenvalue weighted by atomic mass is 32.2. The first-order chi connectivity index (χ1) is 5.79. The van der Waals surface area contributed by atoms with Gasteiger partial charge in [-0.15, -0.1) is 11.8 Å². The van der Waals surface area contributed by atoms with E-state index in [0.717, 1.165) is 24.2 Å². The van der Waals surface area contributed by atoms with Crippen molar-refractivity contribution in [1.29, 1.82) is 0 Å². The summed E-state index contributed by atoms with van der Waals surface area (Å²) in [6.07, 6.45) is 6.13. The first kappa shape index (κ1) is 7.92. The predicted octanol–water partition coefficient (Wildman–Crippen LogP) is 2.04. The van der Waals surface area contributed by atoms with Crippen molar-refractivity contribution < 1.29 is 9.90 Å². The van der Waals surface area contributed by atoms with Crippen LogP contribution in [-0.2, 0) is 4.79 Å². The van der Waals surface area contributed by atoms with Gasteiger partial charge in [-0.2, -0.15) is 0 Å². The Morgan fingerprint density at radius 2 is 2.50 bits per heavy atom. The molecule has 2 aliphatic rings. The Hall–Kier alpha value is -0.700. The Balaban J connectivity index is 2.27. The number of allylic oxidation sites excluding steroid dienone is 2. The van der Waals surface area contributed by atoms with Crippen LogP contribution in [0.1, 0.15) is 12.8 Å². The highest BCUT2D eigenvalue weighted by molar-refractivity contribution is 8.03. The first-order valence-corrected chi connectivity index (χ1v) is 5.03. The maximum absolute atomic E-state index is 10.8. The standard InChI is InChI=1S/C9H10O2S/c10-9(11)7-5-12-8-4-2-1-3-6(7)8/h2,4,7H,1,3,5H2,(H,10,11). The van der Waals surface area contributed by atoms with Gasteiger partial charge in [0.1, 0.15) is 0 Å². The third-order valence-corrected chi connectivity index (χ3v) is 3.50. The molecule has 1 aliphatic heterocycles. The van der Waals surface area contributed by atoms with Gasteiger partial charge in [0.05, 0.1) is 5.92 Å². The molecule has 1 N–H and O–H groups in total. The van der Waals surface area contributed by atoms with E-state index < -0.39 is 5.97 Å². The summed E-state index contributed by atoms with van der Waals surface area (Å²) < 4.78 is 0. The molecule has 0 spiro atoms. The van der Waals surface area contributed by atoms with Gasteiger partial charge in [-0.3, -0.25) is 4.79 Å². The smallest absolute Gasteiger partial charge is 0.311 e. The third-order valence-electron chi connectivity index (χ3n) is 2.29. The lowest BCUT2D eigenvalue weighted by Crippen LogP contribution is -2.16. The highest BCUT2D eigenvalue weighted by Gasteiger charge is 2.30. The van der Waals surface area contributed by atoms with Crippen LogP contribution in [0.3, 0.4) is 0 Å². The molecule has 1 heterocycles. The van der Waals surface area contributed by atoms with Crippen molar-refractivity contribution >= 4 is 17.7 Å². The molecule has 0 saturated heterocycles. The molecule has 1 aliphatic carbocycles. The van der Waals surface area contributed by atoms with Gasteiger partial charge in [0.15, 0.2) is 0 Å². The summed E-state index contributed by atoms with van der Waals surface area (Å²) in [7, 11) is 0. The Kier molecular flexibility index (Phi) is 1.97. The van der Waals surface area contributed by atoms with E-state index in [9.17, 15) is 4.79 Å². The van der Waals surface area contributed by atoms with Gasteiger partial charge in [-0.05, 0) is 18.4 Å². The van der Waals surface area contributed by atoms with E-state index in [4.69, 9.17) is 5.11 Å². The van der Waals surface area contributed by atoms with Crippen LogP contribution in [-0.4, -0.2) is 16.8 Å². The fourth-order valence-corrected chi connectivity index (χ4v) is 2.95. The Morgan fingerprint density at radius 3 is 3.25 bits per heavy atom. The summed E-state index contributed by atoms with van der Waals surface area (Å²) in [5, 5.41) is 8.88. The van der Waals surface area contributed by atoms with Crippen LogP contribution in [0.15, 0.2) is 22.6 Å². The summed E-state index contributed by atoms with van der Waals surface area (Å²) in [5.41, 5.74) is 1.15. The molecule has 0 aromatic rings. The molecule has 1 atom stereocenters. The number of carbonyl (C=O) groups is 1. The van der Waals surface area contributed by atoms with Crippen molar-refractivity contribution in [1.82, 2.24) is 0 Å². The zero-order valence-electron chi connectivity index (χ0n) is 6.62. The summed E-state index contributed by atoms with van der Waals surface area (Å²) in [6, 6.07) is 0. The summed E-state index contributed by atoms with van der Waals surface area (Å²) >= 11 is 1.67. The summed E-state index contributed by atoms with van der Waals surface area (Å²) in [4.78, 5) is 12.0. The monoisotopic (exact) mass is 182 g/mol. The van der Waals surface area contributed by atoms with E-state index in [1.54, 1.807) is 11.8 Å². The van der Waals surface area contributed by atoms with Gasteiger partial charge in [0.2, 0.25) is 0 Å². The van der Waals surface area contributed by atoms with Crippen LogP contribution in [0, 0.1) is 5.92 Å². The normalized spacial score (nSPS) is 27.5. The molecular weight excluding hydrogens is 172 g/mol. The van der Waals surface area contributed by atoms with Crippen molar-refractivity contribution in [2.45, 2.75) is 12.8 Å². The maximum atomic E-state index is 10.8. The van der Waals surface area contributed by atoms with E-state index in [1.807, 2.05) is 0 Å². The molecule has 0 bridgehead atoms. The molecule has 0 amide bonds. The van der Waals surface area contributed by atoms with Crippen molar-refractivity contribution in [3.8, 4) is 0 Å². The van der Waals surface area contributed by atoms with Crippen LogP contribution >= 0.6 is 11.8 Å². The third kappa shape index (κ3) is 1.18. The lowest BCUT2D eigenvalue weighted by atomic mass is 9.94. The SMILES string of the molecule is O=C(O)C1CSC2=C1CCC=C2. The molecule has 0 aromatic carbocycles. The maximum Gasteiger partial charge on any atom is 0.311 e. The van der Waals surface area contributed by atoms with E-state index in [1.165, 1.54) is 4.91 Å². The fraction of sp³-hybridized carbons (Fsp3) is 0.444. The number of hydrogen-bond donors (Lipinski definition) is 1. The van der Waals surface area contributed by atoms with Crippen LogP contribution < -0.4 is 0 Å². The van der Waals surface area contributed by atoms with Crippen molar-refractivity contribution in [2.75, 3.05) is 5.75 Å². The van der Waals surface area contributed by atoms with Crippen LogP contribution in [0.4, 0.5) is 0 Å². The van der Waals surface area contributed by atoms with E-state index >= 15 is 0 Å². The first-order valence-electron chi connectivity index (χ1n) is 4.04. The zero-order chi connectivity index (χ0) is 8.55. The van der Waals surface area contributed by atoms with Gasteiger partial charge in [-0.25, -0.2) is 0 Å². The number of rotatable bonds is 1. The van der Waals surface area contributed by atoms with Crippen molar-refractivity contribution in [3.05, 3.63) is 22.6 Å². The molecule has 2 nitrogen and oxygen atoms in total. The van der Waals surface area contributed by atoms with Gasteiger partial charge in [-0.1, -0.05) is 12.2 Å². The van der Waals surface area contributed by atoms with Gasteiger partial charge in [0.25, 0.3) is 0 Å². The van der Waals surface area contributed by atoms with E-state index in [-0.39, 0.29) is 5.92 Å².